The van der Waals surface area contributed by atoms with Crippen molar-refractivity contribution >= 4 is 5.69 Å². The summed E-state index contributed by atoms with van der Waals surface area (Å²) >= 11 is 0. The second-order valence-electron chi connectivity index (χ2n) is 5.95. The van der Waals surface area contributed by atoms with E-state index < -0.39 is 0 Å². The first-order chi connectivity index (χ1) is 9.78. The molecule has 1 aliphatic heterocycles. The van der Waals surface area contributed by atoms with Crippen LogP contribution in [-0.2, 0) is 11.3 Å². The lowest BCUT2D eigenvalue weighted by Gasteiger charge is -2.30. The van der Waals surface area contributed by atoms with Gasteiger partial charge in [0.25, 0.3) is 0 Å². The van der Waals surface area contributed by atoms with Gasteiger partial charge < -0.3 is 10.1 Å². The Hall–Kier alpha value is -1.06. The zero-order valence-corrected chi connectivity index (χ0v) is 12.9. The van der Waals surface area contributed by atoms with Crippen LogP contribution in [0.25, 0.3) is 0 Å². The molecule has 0 amide bonds. The minimum absolute atomic E-state index is 0.818. The van der Waals surface area contributed by atoms with Crippen LogP contribution in [0, 0.1) is 5.92 Å². The van der Waals surface area contributed by atoms with Crippen molar-refractivity contribution in [3.63, 3.8) is 0 Å². The van der Waals surface area contributed by atoms with Gasteiger partial charge >= 0.3 is 0 Å². The van der Waals surface area contributed by atoms with Gasteiger partial charge in [-0.25, -0.2) is 0 Å². The van der Waals surface area contributed by atoms with E-state index in [4.69, 9.17) is 4.74 Å². The Kier molecular flexibility index (Phi) is 6.34. The van der Waals surface area contributed by atoms with Gasteiger partial charge in [0.1, 0.15) is 0 Å². The maximum Gasteiger partial charge on any atom is 0.0479 e. The molecule has 112 valence electrons. The summed E-state index contributed by atoms with van der Waals surface area (Å²) < 4.78 is 5.05. The number of hydrogen-bond donors (Lipinski definition) is 1. The number of anilines is 1. The van der Waals surface area contributed by atoms with Crippen molar-refractivity contribution in [1.29, 1.82) is 0 Å². The molecule has 1 heterocycles. The van der Waals surface area contributed by atoms with Crippen LogP contribution in [0.5, 0.6) is 0 Å². The van der Waals surface area contributed by atoms with Crippen LogP contribution in [0.4, 0.5) is 5.69 Å². The van der Waals surface area contributed by atoms with Crippen LogP contribution >= 0.6 is 0 Å². The molecule has 0 spiro atoms. The molecule has 2 rings (SSSR count). The highest BCUT2D eigenvalue weighted by atomic mass is 16.5. The Morgan fingerprint density at radius 2 is 2.10 bits per heavy atom. The molecule has 1 N–H and O–H groups in total. The summed E-state index contributed by atoms with van der Waals surface area (Å²) in [6.07, 6.45) is 3.78. The number of rotatable bonds is 7. The smallest absolute Gasteiger partial charge is 0.0479 e. The molecule has 0 bridgehead atoms. The fraction of sp³-hybridized carbons (Fsp3) is 0.647. The quantitative estimate of drug-likeness (QED) is 0.773. The molecule has 0 aliphatic carbocycles. The van der Waals surface area contributed by atoms with Gasteiger partial charge in [0.15, 0.2) is 0 Å². The third-order valence-electron chi connectivity index (χ3n) is 3.96. The molecule has 1 atom stereocenters. The lowest BCUT2D eigenvalue weighted by atomic mass is 10.00. The molecule has 1 unspecified atom stereocenters. The molecule has 3 nitrogen and oxygen atoms in total. The van der Waals surface area contributed by atoms with E-state index in [0.717, 1.165) is 32.0 Å². The number of nitrogens with one attached hydrogen (secondary N) is 1. The average molecular weight is 276 g/mol. The minimum atomic E-state index is 0.818. The molecule has 1 aromatic rings. The van der Waals surface area contributed by atoms with E-state index in [1.165, 1.54) is 37.2 Å². The summed E-state index contributed by atoms with van der Waals surface area (Å²) in [4.78, 5) is 2.58. The fourth-order valence-corrected chi connectivity index (χ4v) is 2.87. The number of ether oxygens (including phenoxy) is 1. The van der Waals surface area contributed by atoms with Gasteiger partial charge in [-0.15, -0.1) is 0 Å². The fourth-order valence-electron chi connectivity index (χ4n) is 2.87. The molecule has 1 saturated heterocycles. The SMILES string of the molecule is COCCCNc1ccc(CN2CCCC(C)C2)cc1. The summed E-state index contributed by atoms with van der Waals surface area (Å²) in [5, 5.41) is 3.42. The van der Waals surface area contributed by atoms with Crippen molar-refractivity contribution in [2.24, 2.45) is 5.92 Å². The summed E-state index contributed by atoms with van der Waals surface area (Å²) in [6, 6.07) is 8.88. The maximum absolute atomic E-state index is 5.05. The normalized spacial score (nSPS) is 20.0. The average Bonchev–Trinajstić information content (AvgIpc) is 2.45. The Balaban J connectivity index is 1.76. The lowest BCUT2D eigenvalue weighted by molar-refractivity contribution is 0.176. The van der Waals surface area contributed by atoms with Crippen LogP contribution in [0.2, 0.25) is 0 Å². The predicted octanol–water partition coefficient (Wildman–Crippen LogP) is 3.37. The van der Waals surface area contributed by atoms with Crippen molar-refractivity contribution < 1.29 is 4.74 Å². The highest BCUT2D eigenvalue weighted by Gasteiger charge is 2.15. The van der Waals surface area contributed by atoms with E-state index in [9.17, 15) is 0 Å². The monoisotopic (exact) mass is 276 g/mol. The number of likely N-dealkylation sites (tertiary alicyclic amines) is 1. The topological polar surface area (TPSA) is 24.5 Å². The summed E-state index contributed by atoms with van der Waals surface area (Å²) in [5.74, 6) is 0.852. The van der Waals surface area contributed by atoms with E-state index in [1.807, 2.05) is 0 Å². The zero-order chi connectivity index (χ0) is 14.2. The summed E-state index contributed by atoms with van der Waals surface area (Å²) in [6.45, 7) is 7.74. The van der Waals surface area contributed by atoms with Crippen LogP contribution < -0.4 is 5.32 Å². The first-order valence-electron chi connectivity index (χ1n) is 7.82. The van der Waals surface area contributed by atoms with Crippen molar-refractivity contribution in [3.05, 3.63) is 29.8 Å². The number of methoxy groups -OCH3 is 1. The van der Waals surface area contributed by atoms with Crippen LogP contribution in [0.15, 0.2) is 24.3 Å². The van der Waals surface area contributed by atoms with E-state index >= 15 is 0 Å². The largest absolute Gasteiger partial charge is 0.385 e. The molecule has 1 fully saturated rings. The van der Waals surface area contributed by atoms with Crippen molar-refractivity contribution in [2.75, 3.05) is 38.7 Å². The standard InChI is InChI=1S/C17H28N2O/c1-15-5-3-11-19(13-15)14-16-6-8-17(9-7-16)18-10-4-12-20-2/h6-9,15,18H,3-5,10-14H2,1-2H3. The highest BCUT2D eigenvalue weighted by Crippen LogP contribution is 2.18. The van der Waals surface area contributed by atoms with E-state index in [-0.39, 0.29) is 0 Å². The van der Waals surface area contributed by atoms with Gasteiger partial charge in [-0.1, -0.05) is 19.1 Å². The van der Waals surface area contributed by atoms with Crippen molar-refractivity contribution in [2.45, 2.75) is 32.7 Å². The van der Waals surface area contributed by atoms with Gasteiger partial charge in [-0.3, -0.25) is 4.90 Å². The van der Waals surface area contributed by atoms with Crippen LogP contribution in [0.3, 0.4) is 0 Å². The van der Waals surface area contributed by atoms with E-state index in [1.54, 1.807) is 7.11 Å². The Morgan fingerprint density at radius 1 is 1.30 bits per heavy atom. The molecule has 1 aliphatic rings. The minimum Gasteiger partial charge on any atom is -0.385 e. The van der Waals surface area contributed by atoms with Gasteiger partial charge in [0.05, 0.1) is 0 Å². The summed E-state index contributed by atoms with van der Waals surface area (Å²) in [7, 11) is 1.75. The second-order valence-corrected chi connectivity index (χ2v) is 5.95. The molecular weight excluding hydrogens is 248 g/mol. The first-order valence-corrected chi connectivity index (χ1v) is 7.82. The lowest BCUT2D eigenvalue weighted by Crippen LogP contribution is -2.33. The van der Waals surface area contributed by atoms with Crippen LogP contribution in [-0.4, -0.2) is 38.3 Å². The Labute approximate surface area is 123 Å². The summed E-state index contributed by atoms with van der Waals surface area (Å²) in [5.41, 5.74) is 2.62. The number of piperidine rings is 1. The van der Waals surface area contributed by atoms with Crippen LogP contribution in [0.1, 0.15) is 31.7 Å². The Bertz CT molecular complexity index is 377. The number of benzene rings is 1. The van der Waals surface area contributed by atoms with Gasteiger partial charge in [-0.05, 0) is 49.4 Å². The highest BCUT2D eigenvalue weighted by molar-refractivity contribution is 5.44. The molecule has 1 aromatic carbocycles. The van der Waals surface area contributed by atoms with Gasteiger partial charge in [-0.2, -0.15) is 0 Å². The number of nitrogens with zero attached hydrogens (tertiary/aromatic N) is 1. The molecular formula is C17H28N2O. The van der Waals surface area contributed by atoms with Gasteiger partial charge in [0, 0.05) is 39.0 Å². The first kappa shape index (κ1) is 15.3. The molecule has 0 aromatic heterocycles. The second kappa shape index (κ2) is 8.28. The Morgan fingerprint density at radius 3 is 2.80 bits per heavy atom. The van der Waals surface area contributed by atoms with Crippen molar-refractivity contribution in [1.82, 2.24) is 4.90 Å². The predicted molar refractivity (Wildman–Crippen MR) is 85.1 cm³/mol. The molecule has 3 heteroatoms. The van der Waals surface area contributed by atoms with E-state index in [0.29, 0.717) is 0 Å². The molecule has 0 saturated carbocycles. The van der Waals surface area contributed by atoms with E-state index in [2.05, 4.69) is 41.4 Å². The molecule has 20 heavy (non-hydrogen) atoms. The van der Waals surface area contributed by atoms with Gasteiger partial charge in [0.2, 0.25) is 0 Å². The van der Waals surface area contributed by atoms with Crippen molar-refractivity contribution in [3.8, 4) is 0 Å². The third-order valence-corrected chi connectivity index (χ3v) is 3.96. The third kappa shape index (κ3) is 5.14. The number of hydrogen-bond acceptors (Lipinski definition) is 3. The zero-order valence-electron chi connectivity index (χ0n) is 12.9. The maximum atomic E-state index is 5.05. The molecule has 0 radical (unpaired) electrons.